The van der Waals surface area contributed by atoms with Crippen molar-refractivity contribution in [2.75, 3.05) is 13.2 Å². The van der Waals surface area contributed by atoms with Crippen molar-refractivity contribution in [3.63, 3.8) is 0 Å². The third-order valence-electron chi connectivity index (χ3n) is 2.75. The first kappa shape index (κ1) is 17.0. The molecule has 0 fully saturated rings. The van der Waals surface area contributed by atoms with Crippen LogP contribution in [-0.4, -0.2) is 18.8 Å². The summed E-state index contributed by atoms with van der Waals surface area (Å²) in [5, 5.41) is 3.16. The van der Waals surface area contributed by atoms with Crippen molar-refractivity contribution in [3.05, 3.63) is 35.4 Å². The van der Waals surface area contributed by atoms with Gasteiger partial charge in [0.2, 0.25) is 0 Å². The summed E-state index contributed by atoms with van der Waals surface area (Å²) in [5.74, 6) is 0. The number of benzene rings is 1. The molecule has 20 heavy (non-hydrogen) atoms. The Morgan fingerprint density at radius 3 is 2.35 bits per heavy atom. The molecule has 0 aromatic heterocycles. The predicted octanol–water partition coefficient (Wildman–Crippen LogP) is 4.17. The van der Waals surface area contributed by atoms with Crippen LogP contribution >= 0.6 is 0 Å². The standard InChI is InChI=1S/C15H22F3NO/c1-5-19-13(10-20-14(2,3)4)11-7-6-8-12(9-11)15(16,17)18/h6-9,13,19H,5,10H2,1-4H3. The van der Waals surface area contributed by atoms with Crippen LogP contribution in [0.15, 0.2) is 24.3 Å². The molecule has 1 unspecified atom stereocenters. The highest BCUT2D eigenvalue weighted by atomic mass is 19.4. The number of ether oxygens (including phenoxy) is 1. The second kappa shape index (κ2) is 6.59. The highest BCUT2D eigenvalue weighted by Gasteiger charge is 2.31. The lowest BCUT2D eigenvalue weighted by Crippen LogP contribution is -2.30. The number of alkyl halides is 3. The number of nitrogens with one attached hydrogen (secondary N) is 1. The number of halogens is 3. The molecule has 5 heteroatoms. The van der Waals surface area contributed by atoms with E-state index in [0.717, 1.165) is 6.07 Å². The lowest BCUT2D eigenvalue weighted by atomic mass is 10.0. The van der Waals surface area contributed by atoms with Crippen LogP contribution in [0.1, 0.15) is 44.9 Å². The van der Waals surface area contributed by atoms with E-state index in [1.165, 1.54) is 12.1 Å². The third kappa shape index (κ3) is 5.51. The van der Waals surface area contributed by atoms with Crippen molar-refractivity contribution in [3.8, 4) is 0 Å². The largest absolute Gasteiger partial charge is 0.416 e. The van der Waals surface area contributed by atoms with Crippen LogP contribution in [0.2, 0.25) is 0 Å². The maximum absolute atomic E-state index is 12.7. The van der Waals surface area contributed by atoms with Crippen LogP contribution in [0.4, 0.5) is 13.2 Å². The van der Waals surface area contributed by atoms with Gasteiger partial charge in [0.25, 0.3) is 0 Å². The predicted molar refractivity (Wildman–Crippen MR) is 73.6 cm³/mol. The summed E-state index contributed by atoms with van der Waals surface area (Å²) in [6, 6.07) is 5.13. The van der Waals surface area contributed by atoms with Crippen LogP contribution in [0.5, 0.6) is 0 Å². The molecule has 114 valence electrons. The molecule has 0 aliphatic carbocycles. The fraction of sp³-hybridized carbons (Fsp3) is 0.600. The zero-order chi connectivity index (χ0) is 15.4. The van der Waals surface area contributed by atoms with E-state index in [4.69, 9.17) is 4.74 Å². The van der Waals surface area contributed by atoms with E-state index in [-0.39, 0.29) is 11.6 Å². The second-order valence-electron chi connectivity index (χ2n) is 5.66. The van der Waals surface area contributed by atoms with E-state index in [1.54, 1.807) is 6.07 Å². The van der Waals surface area contributed by atoms with Crippen molar-refractivity contribution in [1.29, 1.82) is 0 Å². The first-order valence-electron chi connectivity index (χ1n) is 6.68. The molecule has 1 atom stereocenters. The number of hydrogen-bond acceptors (Lipinski definition) is 2. The zero-order valence-electron chi connectivity index (χ0n) is 12.3. The SMILES string of the molecule is CCNC(COC(C)(C)C)c1cccc(C(F)(F)F)c1. The molecule has 0 heterocycles. The highest BCUT2D eigenvalue weighted by Crippen LogP contribution is 2.31. The monoisotopic (exact) mass is 289 g/mol. The van der Waals surface area contributed by atoms with Gasteiger partial charge in [-0.1, -0.05) is 19.1 Å². The first-order valence-corrected chi connectivity index (χ1v) is 6.68. The van der Waals surface area contributed by atoms with E-state index in [1.807, 2.05) is 27.7 Å². The maximum Gasteiger partial charge on any atom is 0.416 e. The van der Waals surface area contributed by atoms with Gasteiger partial charge in [-0.05, 0) is 45.0 Å². The Morgan fingerprint density at radius 1 is 1.20 bits per heavy atom. The summed E-state index contributed by atoms with van der Waals surface area (Å²) in [4.78, 5) is 0. The minimum Gasteiger partial charge on any atom is -0.374 e. The topological polar surface area (TPSA) is 21.3 Å². The molecule has 0 spiro atoms. The summed E-state index contributed by atoms with van der Waals surface area (Å²) in [6.45, 7) is 8.66. The first-order chi connectivity index (χ1) is 9.13. The fourth-order valence-electron chi connectivity index (χ4n) is 1.78. The molecule has 1 aromatic carbocycles. The molecule has 1 rings (SSSR count). The third-order valence-corrected chi connectivity index (χ3v) is 2.75. The van der Waals surface area contributed by atoms with Gasteiger partial charge in [-0.15, -0.1) is 0 Å². The van der Waals surface area contributed by atoms with E-state index < -0.39 is 11.7 Å². The average Bonchev–Trinajstić information content (AvgIpc) is 2.32. The number of hydrogen-bond donors (Lipinski definition) is 1. The molecule has 0 saturated heterocycles. The Kier molecular flexibility index (Phi) is 5.59. The molecule has 1 N–H and O–H groups in total. The van der Waals surface area contributed by atoms with Gasteiger partial charge in [-0.2, -0.15) is 13.2 Å². The van der Waals surface area contributed by atoms with Crippen LogP contribution in [0.3, 0.4) is 0 Å². The molecular formula is C15H22F3NO. The molecule has 0 radical (unpaired) electrons. The van der Waals surface area contributed by atoms with E-state index in [0.29, 0.717) is 18.7 Å². The van der Waals surface area contributed by atoms with Gasteiger partial charge in [0.15, 0.2) is 0 Å². The Bertz CT molecular complexity index is 424. The van der Waals surface area contributed by atoms with E-state index >= 15 is 0 Å². The summed E-state index contributed by atoms with van der Waals surface area (Å²) in [6.07, 6.45) is -4.32. The molecule has 1 aromatic rings. The Hall–Kier alpha value is -1.07. The quantitative estimate of drug-likeness (QED) is 0.878. The van der Waals surface area contributed by atoms with Gasteiger partial charge in [0.05, 0.1) is 23.8 Å². The van der Waals surface area contributed by atoms with Gasteiger partial charge in [-0.25, -0.2) is 0 Å². The van der Waals surface area contributed by atoms with Gasteiger partial charge in [-0.3, -0.25) is 0 Å². The second-order valence-corrected chi connectivity index (χ2v) is 5.66. The van der Waals surface area contributed by atoms with Crippen molar-refractivity contribution in [1.82, 2.24) is 5.32 Å². The van der Waals surface area contributed by atoms with Crippen LogP contribution in [-0.2, 0) is 10.9 Å². The Morgan fingerprint density at radius 2 is 1.85 bits per heavy atom. The number of likely N-dealkylation sites (N-methyl/N-ethyl adjacent to an activating group) is 1. The molecule has 0 bridgehead atoms. The minimum absolute atomic E-state index is 0.249. The maximum atomic E-state index is 12.7. The van der Waals surface area contributed by atoms with Crippen molar-refractivity contribution in [2.24, 2.45) is 0 Å². The minimum atomic E-state index is -4.32. The molecule has 0 aliphatic rings. The van der Waals surface area contributed by atoms with Crippen molar-refractivity contribution in [2.45, 2.75) is 45.5 Å². The van der Waals surface area contributed by atoms with E-state index in [9.17, 15) is 13.2 Å². The smallest absolute Gasteiger partial charge is 0.374 e. The van der Waals surface area contributed by atoms with Crippen molar-refractivity contribution >= 4 is 0 Å². The Balaban J connectivity index is 2.91. The zero-order valence-corrected chi connectivity index (χ0v) is 12.3. The fourth-order valence-corrected chi connectivity index (χ4v) is 1.78. The van der Waals surface area contributed by atoms with Crippen molar-refractivity contribution < 1.29 is 17.9 Å². The molecule has 0 amide bonds. The number of rotatable bonds is 5. The lowest BCUT2D eigenvalue weighted by Gasteiger charge is -2.25. The van der Waals surface area contributed by atoms with Gasteiger partial charge < -0.3 is 10.1 Å². The summed E-state index contributed by atoms with van der Waals surface area (Å²) in [7, 11) is 0. The van der Waals surface area contributed by atoms with Gasteiger partial charge in [0, 0.05) is 0 Å². The highest BCUT2D eigenvalue weighted by molar-refractivity contribution is 5.28. The average molecular weight is 289 g/mol. The Labute approximate surface area is 118 Å². The molecular weight excluding hydrogens is 267 g/mol. The van der Waals surface area contributed by atoms with Crippen LogP contribution < -0.4 is 5.32 Å². The van der Waals surface area contributed by atoms with Gasteiger partial charge in [0.1, 0.15) is 0 Å². The summed E-state index contributed by atoms with van der Waals surface area (Å²) in [5.41, 5.74) is -0.366. The lowest BCUT2D eigenvalue weighted by molar-refractivity contribution is -0.137. The van der Waals surface area contributed by atoms with Crippen LogP contribution in [0, 0.1) is 0 Å². The van der Waals surface area contributed by atoms with Crippen LogP contribution in [0.25, 0.3) is 0 Å². The molecule has 2 nitrogen and oxygen atoms in total. The molecule has 0 aliphatic heterocycles. The normalized spacial score (nSPS) is 14.3. The van der Waals surface area contributed by atoms with Gasteiger partial charge >= 0.3 is 6.18 Å². The summed E-state index contributed by atoms with van der Waals surface area (Å²) < 4.78 is 43.9. The van der Waals surface area contributed by atoms with E-state index in [2.05, 4.69) is 5.32 Å². The summed E-state index contributed by atoms with van der Waals surface area (Å²) >= 11 is 0. The molecule has 0 saturated carbocycles.